The van der Waals surface area contributed by atoms with E-state index in [9.17, 15) is 4.79 Å². The number of nitrogens with one attached hydrogen (secondary N) is 3. The summed E-state index contributed by atoms with van der Waals surface area (Å²) >= 11 is 0. The van der Waals surface area contributed by atoms with Gasteiger partial charge in [-0.1, -0.05) is 37.1 Å². The van der Waals surface area contributed by atoms with Crippen LogP contribution >= 0.6 is 0 Å². The summed E-state index contributed by atoms with van der Waals surface area (Å²) in [5.74, 6) is 0.668. The van der Waals surface area contributed by atoms with Gasteiger partial charge in [-0.3, -0.25) is 15.1 Å². The maximum Gasteiger partial charge on any atom is 0.239 e. The van der Waals surface area contributed by atoms with Crippen molar-refractivity contribution in [3.05, 3.63) is 35.4 Å². The molecule has 5 rings (SSSR count). The van der Waals surface area contributed by atoms with Gasteiger partial charge in [0.25, 0.3) is 0 Å². The number of nitrogens with zero attached hydrogens (tertiary/aromatic N) is 1. The van der Waals surface area contributed by atoms with Crippen LogP contribution in [-0.2, 0) is 17.6 Å². The third-order valence-electron chi connectivity index (χ3n) is 7.30. The number of hydrogen-bond acceptors (Lipinski definition) is 4. The minimum Gasteiger partial charge on any atom is -0.351 e. The van der Waals surface area contributed by atoms with Crippen LogP contribution < -0.4 is 16.2 Å². The maximum atomic E-state index is 12.9. The first-order valence-corrected chi connectivity index (χ1v) is 10.9. The minimum absolute atomic E-state index is 0.0542. The van der Waals surface area contributed by atoms with Gasteiger partial charge < -0.3 is 5.32 Å². The second kappa shape index (κ2) is 7.53. The van der Waals surface area contributed by atoms with E-state index in [1.54, 1.807) is 0 Å². The highest BCUT2D eigenvalue weighted by atomic mass is 16.2. The van der Waals surface area contributed by atoms with Gasteiger partial charge in [0, 0.05) is 30.6 Å². The molecule has 0 spiro atoms. The van der Waals surface area contributed by atoms with E-state index < -0.39 is 0 Å². The molecule has 1 aromatic rings. The van der Waals surface area contributed by atoms with Crippen molar-refractivity contribution in [2.45, 2.75) is 75.5 Å². The average Bonchev–Trinajstić information content (AvgIpc) is 3.32. The van der Waals surface area contributed by atoms with Crippen molar-refractivity contribution in [2.75, 3.05) is 13.1 Å². The molecular weight excluding hydrogens is 336 g/mol. The van der Waals surface area contributed by atoms with Gasteiger partial charge in [-0.2, -0.15) is 0 Å². The molecule has 146 valence electrons. The van der Waals surface area contributed by atoms with E-state index >= 15 is 0 Å². The summed E-state index contributed by atoms with van der Waals surface area (Å²) < 4.78 is 0. The van der Waals surface area contributed by atoms with Crippen LogP contribution in [0.4, 0.5) is 0 Å². The molecule has 4 aliphatic rings. The molecule has 0 radical (unpaired) electrons. The Hall–Kier alpha value is -1.43. The molecule has 2 aliphatic carbocycles. The number of fused-ring (bicyclic) bond motifs is 2. The molecular formula is C22H32N4O. The van der Waals surface area contributed by atoms with E-state index in [4.69, 9.17) is 0 Å². The third-order valence-corrected chi connectivity index (χ3v) is 7.30. The van der Waals surface area contributed by atoms with Crippen LogP contribution in [0, 0.1) is 5.92 Å². The van der Waals surface area contributed by atoms with E-state index in [-0.39, 0.29) is 11.9 Å². The zero-order valence-electron chi connectivity index (χ0n) is 16.1. The molecule has 1 aromatic carbocycles. The number of amides is 1. The van der Waals surface area contributed by atoms with Crippen molar-refractivity contribution in [2.24, 2.45) is 5.92 Å². The summed E-state index contributed by atoms with van der Waals surface area (Å²) in [7, 11) is 0. The van der Waals surface area contributed by atoms with Crippen LogP contribution in [0.2, 0.25) is 0 Å². The predicted molar refractivity (Wildman–Crippen MR) is 106 cm³/mol. The zero-order valence-corrected chi connectivity index (χ0v) is 16.1. The summed E-state index contributed by atoms with van der Waals surface area (Å²) in [4.78, 5) is 15.6. The van der Waals surface area contributed by atoms with Crippen LogP contribution in [0.25, 0.3) is 0 Å². The predicted octanol–water partition coefficient (Wildman–Crippen LogP) is 1.77. The first-order chi connectivity index (χ1) is 13.3. The van der Waals surface area contributed by atoms with Gasteiger partial charge in [0.2, 0.25) is 5.91 Å². The molecule has 1 amide bonds. The number of piperidine rings is 1. The molecule has 3 fully saturated rings. The van der Waals surface area contributed by atoms with E-state index in [1.807, 2.05) is 0 Å². The van der Waals surface area contributed by atoms with Crippen LogP contribution in [0.15, 0.2) is 24.3 Å². The monoisotopic (exact) mass is 368 g/mol. The fraction of sp³-hybridized carbons (Fsp3) is 0.682. The van der Waals surface area contributed by atoms with Crippen LogP contribution in [-0.4, -0.2) is 48.1 Å². The van der Waals surface area contributed by atoms with E-state index in [2.05, 4.69) is 45.3 Å². The molecule has 0 bridgehead atoms. The quantitative estimate of drug-likeness (QED) is 0.761. The maximum absolute atomic E-state index is 12.9. The summed E-state index contributed by atoms with van der Waals surface area (Å²) in [6, 6.07) is 10.2. The van der Waals surface area contributed by atoms with E-state index in [1.165, 1.54) is 49.8 Å². The number of rotatable bonds is 3. The highest BCUT2D eigenvalue weighted by molar-refractivity contribution is 5.82. The first-order valence-electron chi connectivity index (χ1n) is 10.9. The Labute approximate surface area is 162 Å². The number of carbonyl (C=O) groups excluding carboxylic acids is 1. The largest absolute Gasteiger partial charge is 0.351 e. The zero-order chi connectivity index (χ0) is 18.2. The Morgan fingerprint density at radius 2 is 1.78 bits per heavy atom. The number of carbonyl (C=O) groups is 1. The van der Waals surface area contributed by atoms with Gasteiger partial charge >= 0.3 is 0 Å². The fourth-order valence-corrected chi connectivity index (χ4v) is 5.84. The Morgan fingerprint density at radius 1 is 1.00 bits per heavy atom. The third kappa shape index (κ3) is 3.53. The van der Waals surface area contributed by atoms with Gasteiger partial charge in [-0.25, -0.2) is 5.43 Å². The molecule has 1 saturated carbocycles. The molecule has 5 heteroatoms. The Bertz CT molecular complexity index is 668. The topological polar surface area (TPSA) is 56.4 Å². The minimum atomic E-state index is -0.0542. The molecule has 5 nitrogen and oxygen atoms in total. The molecule has 0 aromatic heterocycles. The summed E-state index contributed by atoms with van der Waals surface area (Å²) in [5, 5.41) is 3.39. The standard InChI is InChI=1S/C22H32N4O/c27-22(21-19-9-3-4-10-20(19)24-25-21)23-17-8-5-11-26(14-17)18-12-15-6-1-2-7-16(15)13-18/h1-2,6-7,17-21,24-25H,3-5,8-14H2,(H,23,27). The first kappa shape index (κ1) is 17.7. The lowest BCUT2D eigenvalue weighted by Crippen LogP contribution is -2.55. The average molecular weight is 369 g/mol. The van der Waals surface area contributed by atoms with Crippen LogP contribution in [0.1, 0.15) is 49.7 Å². The Balaban J connectivity index is 1.18. The summed E-state index contributed by atoms with van der Waals surface area (Å²) in [6.45, 7) is 2.16. The summed E-state index contributed by atoms with van der Waals surface area (Å²) in [5.41, 5.74) is 9.68. The van der Waals surface area contributed by atoms with E-state index in [0.29, 0.717) is 24.0 Å². The molecule has 3 N–H and O–H groups in total. The highest BCUT2D eigenvalue weighted by Gasteiger charge is 2.41. The molecule has 2 aliphatic heterocycles. The van der Waals surface area contributed by atoms with Crippen molar-refractivity contribution in [3.8, 4) is 0 Å². The SMILES string of the molecule is O=C(NC1CCCN(C2Cc3ccccc3C2)C1)C1NNC2CCCCC21. The lowest BCUT2D eigenvalue weighted by atomic mass is 9.81. The van der Waals surface area contributed by atoms with Gasteiger partial charge in [0.1, 0.15) is 6.04 Å². The van der Waals surface area contributed by atoms with Gasteiger partial charge in [-0.05, 0) is 56.2 Å². The number of hydrazine groups is 1. The molecule has 27 heavy (non-hydrogen) atoms. The second-order valence-electron chi connectivity index (χ2n) is 8.99. The highest BCUT2D eigenvalue weighted by Crippen LogP contribution is 2.31. The molecule has 2 saturated heterocycles. The van der Waals surface area contributed by atoms with Gasteiger partial charge in [0.05, 0.1) is 0 Å². The summed E-state index contributed by atoms with van der Waals surface area (Å²) in [6.07, 6.45) is 9.51. The lowest BCUT2D eigenvalue weighted by Gasteiger charge is -2.37. The van der Waals surface area contributed by atoms with Gasteiger partial charge in [0.15, 0.2) is 0 Å². The van der Waals surface area contributed by atoms with Gasteiger partial charge in [-0.15, -0.1) is 0 Å². The molecule has 2 heterocycles. The van der Waals surface area contributed by atoms with Crippen molar-refractivity contribution in [1.82, 2.24) is 21.1 Å². The number of hydrogen-bond donors (Lipinski definition) is 3. The second-order valence-corrected chi connectivity index (χ2v) is 8.99. The molecule has 4 unspecified atom stereocenters. The molecule has 4 atom stereocenters. The van der Waals surface area contributed by atoms with Crippen molar-refractivity contribution in [1.29, 1.82) is 0 Å². The van der Waals surface area contributed by atoms with Crippen molar-refractivity contribution in [3.63, 3.8) is 0 Å². The van der Waals surface area contributed by atoms with Crippen molar-refractivity contribution < 1.29 is 4.79 Å². The fourth-order valence-electron chi connectivity index (χ4n) is 5.84. The van der Waals surface area contributed by atoms with Crippen LogP contribution in [0.3, 0.4) is 0 Å². The van der Waals surface area contributed by atoms with Crippen LogP contribution in [0.5, 0.6) is 0 Å². The normalized spacial score (nSPS) is 34.2. The smallest absolute Gasteiger partial charge is 0.239 e. The Morgan fingerprint density at radius 3 is 2.59 bits per heavy atom. The Kier molecular flexibility index (Phi) is 4.92. The van der Waals surface area contributed by atoms with E-state index in [0.717, 1.165) is 25.8 Å². The number of likely N-dealkylation sites (tertiary alicyclic amines) is 1. The lowest BCUT2D eigenvalue weighted by molar-refractivity contribution is -0.125. The van der Waals surface area contributed by atoms with Crippen molar-refractivity contribution >= 4 is 5.91 Å². The number of benzene rings is 1.